The first kappa shape index (κ1) is 20.1. The number of hydrogen-bond donors (Lipinski definition) is 0. The Morgan fingerprint density at radius 1 is 1.07 bits per heavy atom. The van der Waals surface area contributed by atoms with Crippen molar-refractivity contribution in [2.75, 3.05) is 13.6 Å². The molecule has 0 aliphatic heterocycles. The van der Waals surface area contributed by atoms with Crippen LogP contribution in [0.2, 0.25) is 0 Å². The number of aryl methyl sites for hydroxylation is 1. The standard InChI is InChI=1S/C22H26N4OS/c1-4-13-25(3)21(27)20-12-8-11-19(14-20)16-28-22-24-23-17(2)26(22)15-18-9-6-5-7-10-18/h5-12,14H,4,13,15-16H2,1-3H3. The SMILES string of the molecule is CCCN(C)C(=O)c1cccc(CSc2nnc(C)n2Cc2ccccc2)c1. The van der Waals surface area contributed by atoms with Crippen molar-refractivity contribution in [1.29, 1.82) is 0 Å². The highest BCUT2D eigenvalue weighted by Crippen LogP contribution is 2.23. The molecule has 0 atom stereocenters. The molecule has 28 heavy (non-hydrogen) atoms. The lowest BCUT2D eigenvalue weighted by atomic mass is 10.1. The van der Waals surface area contributed by atoms with E-state index in [1.54, 1.807) is 16.7 Å². The van der Waals surface area contributed by atoms with Crippen LogP contribution in [0.15, 0.2) is 59.8 Å². The second-order valence-corrected chi connectivity index (χ2v) is 7.76. The zero-order valence-electron chi connectivity index (χ0n) is 16.6. The molecule has 0 aliphatic rings. The molecule has 0 saturated heterocycles. The van der Waals surface area contributed by atoms with Crippen molar-refractivity contribution >= 4 is 17.7 Å². The highest BCUT2D eigenvalue weighted by atomic mass is 32.2. The minimum Gasteiger partial charge on any atom is -0.342 e. The Hall–Kier alpha value is -2.60. The monoisotopic (exact) mass is 394 g/mol. The van der Waals surface area contributed by atoms with Crippen LogP contribution in [0.4, 0.5) is 0 Å². The van der Waals surface area contributed by atoms with Gasteiger partial charge in [0, 0.05) is 24.9 Å². The van der Waals surface area contributed by atoms with Crippen molar-refractivity contribution < 1.29 is 4.79 Å². The average Bonchev–Trinajstić information content (AvgIpc) is 3.06. The number of carbonyl (C=O) groups is 1. The van der Waals surface area contributed by atoms with E-state index in [1.807, 2.05) is 56.4 Å². The highest BCUT2D eigenvalue weighted by Gasteiger charge is 2.13. The first-order chi connectivity index (χ1) is 13.6. The molecular weight excluding hydrogens is 368 g/mol. The van der Waals surface area contributed by atoms with Crippen LogP contribution in [0.25, 0.3) is 0 Å². The lowest BCUT2D eigenvalue weighted by Gasteiger charge is -2.16. The van der Waals surface area contributed by atoms with Crippen LogP contribution in [-0.2, 0) is 12.3 Å². The maximum Gasteiger partial charge on any atom is 0.253 e. The molecule has 0 radical (unpaired) electrons. The third kappa shape index (κ3) is 5.01. The van der Waals surface area contributed by atoms with Crippen molar-refractivity contribution in [3.05, 3.63) is 77.1 Å². The second-order valence-electron chi connectivity index (χ2n) is 6.82. The number of benzene rings is 2. The van der Waals surface area contributed by atoms with Gasteiger partial charge in [0.2, 0.25) is 0 Å². The summed E-state index contributed by atoms with van der Waals surface area (Å²) in [6.45, 7) is 5.56. The zero-order valence-corrected chi connectivity index (χ0v) is 17.4. The molecule has 0 aliphatic carbocycles. The summed E-state index contributed by atoms with van der Waals surface area (Å²) in [5.74, 6) is 1.71. The minimum absolute atomic E-state index is 0.0665. The molecule has 6 heteroatoms. The second kappa shape index (κ2) is 9.55. The summed E-state index contributed by atoms with van der Waals surface area (Å²) in [5.41, 5.74) is 3.06. The molecule has 3 rings (SSSR count). The van der Waals surface area contributed by atoms with Gasteiger partial charge in [-0.05, 0) is 36.6 Å². The van der Waals surface area contributed by atoms with Gasteiger partial charge in [-0.15, -0.1) is 10.2 Å². The average molecular weight is 395 g/mol. The molecule has 2 aromatic carbocycles. The van der Waals surface area contributed by atoms with Crippen molar-refractivity contribution in [1.82, 2.24) is 19.7 Å². The third-order valence-corrected chi connectivity index (χ3v) is 5.57. The maximum absolute atomic E-state index is 12.5. The summed E-state index contributed by atoms with van der Waals surface area (Å²) in [7, 11) is 1.85. The smallest absolute Gasteiger partial charge is 0.253 e. The number of rotatable bonds is 8. The van der Waals surface area contributed by atoms with Gasteiger partial charge < -0.3 is 9.47 Å². The number of hydrogen-bond acceptors (Lipinski definition) is 4. The fourth-order valence-corrected chi connectivity index (χ4v) is 3.94. The van der Waals surface area contributed by atoms with Crippen LogP contribution in [0.1, 0.15) is 40.7 Å². The summed E-state index contributed by atoms with van der Waals surface area (Å²) in [4.78, 5) is 14.3. The van der Waals surface area contributed by atoms with Gasteiger partial charge in [0.15, 0.2) is 5.16 Å². The van der Waals surface area contributed by atoms with E-state index in [0.29, 0.717) is 0 Å². The quantitative estimate of drug-likeness (QED) is 0.531. The normalized spacial score (nSPS) is 10.8. The molecule has 1 aromatic heterocycles. The van der Waals surface area contributed by atoms with E-state index in [2.05, 4.69) is 33.8 Å². The van der Waals surface area contributed by atoms with Crippen molar-refractivity contribution in [2.45, 2.75) is 37.7 Å². The first-order valence-corrected chi connectivity index (χ1v) is 10.5. The van der Waals surface area contributed by atoms with Crippen molar-refractivity contribution in [2.24, 2.45) is 0 Å². The minimum atomic E-state index is 0.0665. The summed E-state index contributed by atoms with van der Waals surface area (Å²) < 4.78 is 2.13. The molecule has 1 amide bonds. The van der Waals surface area contributed by atoms with Gasteiger partial charge in [0.25, 0.3) is 5.91 Å². The van der Waals surface area contributed by atoms with Gasteiger partial charge >= 0.3 is 0 Å². The van der Waals surface area contributed by atoms with Gasteiger partial charge in [-0.3, -0.25) is 4.79 Å². The predicted octanol–water partition coefficient (Wildman–Crippen LogP) is 4.41. The van der Waals surface area contributed by atoms with Crippen LogP contribution in [0.3, 0.4) is 0 Å². The molecule has 0 saturated carbocycles. The predicted molar refractivity (Wildman–Crippen MR) is 114 cm³/mol. The van der Waals surface area contributed by atoms with Gasteiger partial charge in [0.1, 0.15) is 5.82 Å². The van der Waals surface area contributed by atoms with Gasteiger partial charge in [0.05, 0.1) is 6.54 Å². The van der Waals surface area contributed by atoms with E-state index in [9.17, 15) is 4.79 Å². The molecule has 3 aromatic rings. The van der Waals surface area contributed by atoms with Crippen molar-refractivity contribution in [3.8, 4) is 0 Å². The van der Waals surface area contributed by atoms with Crippen LogP contribution in [-0.4, -0.2) is 39.2 Å². The van der Waals surface area contributed by atoms with Gasteiger partial charge in [-0.2, -0.15) is 0 Å². The molecular formula is C22H26N4OS. The van der Waals surface area contributed by atoms with Gasteiger partial charge in [-0.1, -0.05) is 61.2 Å². The van der Waals surface area contributed by atoms with Crippen LogP contribution >= 0.6 is 11.8 Å². The molecule has 1 heterocycles. The van der Waals surface area contributed by atoms with E-state index in [-0.39, 0.29) is 5.91 Å². The Labute approximate surface area is 170 Å². The lowest BCUT2D eigenvalue weighted by Crippen LogP contribution is -2.27. The zero-order chi connectivity index (χ0) is 19.9. The Kier molecular flexibility index (Phi) is 6.87. The summed E-state index contributed by atoms with van der Waals surface area (Å²) in [5, 5.41) is 9.47. The van der Waals surface area contributed by atoms with E-state index in [0.717, 1.165) is 47.4 Å². The molecule has 5 nitrogen and oxygen atoms in total. The Balaban J connectivity index is 1.70. The molecule has 0 N–H and O–H groups in total. The highest BCUT2D eigenvalue weighted by molar-refractivity contribution is 7.98. The van der Waals surface area contributed by atoms with Crippen LogP contribution in [0.5, 0.6) is 0 Å². The summed E-state index contributed by atoms with van der Waals surface area (Å²) in [6, 6.07) is 18.2. The van der Waals surface area contributed by atoms with Crippen molar-refractivity contribution in [3.63, 3.8) is 0 Å². The summed E-state index contributed by atoms with van der Waals surface area (Å²) in [6.07, 6.45) is 0.953. The number of amides is 1. The molecule has 0 spiro atoms. The molecule has 0 unspecified atom stereocenters. The van der Waals surface area contributed by atoms with E-state index >= 15 is 0 Å². The number of nitrogens with zero attached hydrogens (tertiary/aromatic N) is 4. The van der Waals surface area contributed by atoms with Crippen LogP contribution in [0, 0.1) is 6.92 Å². The largest absolute Gasteiger partial charge is 0.342 e. The molecule has 146 valence electrons. The maximum atomic E-state index is 12.5. The van der Waals surface area contributed by atoms with Crippen LogP contribution < -0.4 is 0 Å². The van der Waals surface area contributed by atoms with E-state index in [1.165, 1.54) is 5.56 Å². The first-order valence-electron chi connectivity index (χ1n) is 9.49. The number of thioether (sulfide) groups is 1. The Morgan fingerprint density at radius 2 is 1.82 bits per heavy atom. The van der Waals surface area contributed by atoms with Gasteiger partial charge in [-0.25, -0.2) is 0 Å². The Bertz CT molecular complexity index is 923. The number of carbonyl (C=O) groups excluding carboxylic acids is 1. The summed E-state index contributed by atoms with van der Waals surface area (Å²) >= 11 is 1.64. The molecule has 0 bridgehead atoms. The topological polar surface area (TPSA) is 51.0 Å². The fourth-order valence-electron chi connectivity index (χ4n) is 3.02. The van der Waals surface area contributed by atoms with E-state index in [4.69, 9.17) is 0 Å². The third-order valence-electron chi connectivity index (χ3n) is 4.53. The Morgan fingerprint density at radius 3 is 2.57 bits per heavy atom. The fraction of sp³-hybridized carbons (Fsp3) is 0.318. The lowest BCUT2D eigenvalue weighted by molar-refractivity contribution is 0.0795. The molecule has 0 fully saturated rings. The number of aromatic nitrogens is 3. The van der Waals surface area contributed by atoms with E-state index < -0.39 is 0 Å².